The fourth-order valence-corrected chi connectivity index (χ4v) is 0.826. The summed E-state index contributed by atoms with van der Waals surface area (Å²) >= 11 is 0. The summed E-state index contributed by atoms with van der Waals surface area (Å²) in [6, 6.07) is 0. The molecule has 0 aliphatic rings. The van der Waals surface area contributed by atoms with Crippen LogP contribution < -0.4 is 0 Å². The van der Waals surface area contributed by atoms with Gasteiger partial charge in [0.1, 0.15) is 12.1 Å². The Balaban J connectivity index is 2.74. The Bertz CT molecular complexity index is 260. The molecule has 4 heteroatoms. The highest BCUT2D eigenvalue weighted by atomic mass is 19.1. The van der Waals surface area contributed by atoms with Crippen LogP contribution in [0.15, 0.2) is 12.4 Å². The number of aldehydes is 1. The first-order valence-corrected chi connectivity index (χ1v) is 3.65. The van der Waals surface area contributed by atoms with E-state index in [-0.39, 0.29) is 5.92 Å². The van der Waals surface area contributed by atoms with Crippen molar-refractivity contribution >= 4 is 6.29 Å². The van der Waals surface area contributed by atoms with Gasteiger partial charge in [-0.3, -0.25) is 0 Å². The van der Waals surface area contributed by atoms with Crippen LogP contribution in [0.1, 0.15) is 25.1 Å². The van der Waals surface area contributed by atoms with Gasteiger partial charge in [-0.15, -0.1) is 0 Å². The number of hydrogen-bond donors (Lipinski definition) is 0. The van der Waals surface area contributed by atoms with Crippen molar-refractivity contribution in [3.05, 3.63) is 24.0 Å². The van der Waals surface area contributed by atoms with Gasteiger partial charge in [-0.2, -0.15) is 0 Å². The number of hydrogen-bond acceptors (Lipinski definition) is 3. The molecule has 0 spiro atoms. The molecule has 1 heterocycles. The fraction of sp³-hybridized carbons (Fsp3) is 0.375. The van der Waals surface area contributed by atoms with Crippen molar-refractivity contribution in [1.29, 1.82) is 0 Å². The van der Waals surface area contributed by atoms with Crippen molar-refractivity contribution in [2.75, 3.05) is 0 Å². The van der Waals surface area contributed by atoms with E-state index in [2.05, 4.69) is 9.97 Å². The van der Waals surface area contributed by atoms with Crippen molar-refractivity contribution in [2.45, 2.75) is 19.3 Å². The lowest BCUT2D eigenvalue weighted by molar-refractivity contribution is -0.108. The van der Waals surface area contributed by atoms with Gasteiger partial charge in [0.15, 0.2) is 5.82 Å². The van der Waals surface area contributed by atoms with E-state index < -0.39 is 5.82 Å². The average molecular weight is 168 g/mol. The minimum atomic E-state index is -0.461. The van der Waals surface area contributed by atoms with Gasteiger partial charge in [-0.25, -0.2) is 14.4 Å². The van der Waals surface area contributed by atoms with Crippen LogP contribution in [0.5, 0.6) is 0 Å². The summed E-state index contributed by atoms with van der Waals surface area (Å²) < 4.78 is 12.3. The molecular weight excluding hydrogens is 159 g/mol. The summed E-state index contributed by atoms with van der Waals surface area (Å²) in [4.78, 5) is 17.6. The molecule has 0 saturated heterocycles. The largest absolute Gasteiger partial charge is 0.303 e. The van der Waals surface area contributed by atoms with Crippen LogP contribution in [0.3, 0.4) is 0 Å². The molecule has 0 fully saturated rings. The molecule has 0 aliphatic heterocycles. The number of carbonyl (C=O) groups is 1. The van der Waals surface area contributed by atoms with Crippen molar-refractivity contribution in [3.8, 4) is 0 Å². The first kappa shape index (κ1) is 8.77. The van der Waals surface area contributed by atoms with Crippen LogP contribution in [-0.2, 0) is 4.79 Å². The molecule has 0 N–H and O–H groups in total. The Kier molecular flexibility index (Phi) is 2.85. The Labute approximate surface area is 69.7 Å². The van der Waals surface area contributed by atoms with Crippen molar-refractivity contribution in [2.24, 2.45) is 0 Å². The maximum atomic E-state index is 12.3. The molecule has 1 rings (SSSR count). The first-order valence-electron chi connectivity index (χ1n) is 3.65. The standard InChI is InChI=1S/C8H9FN2O/c1-6(2-3-12)8-10-4-7(9)5-11-8/h3-6H,2H2,1H3. The van der Waals surface area contributed by atoms with Gasteiger partial charge < -0.3 is 4.79 Å². The van der Waals surface area contributed by atoms with E-state index in [1.807, 2.05) is 6.92 Å². The summed E-state index contributed by atoms with van der Waals surface area (Å²) in [6.07, 6.45) is 3.37. The lowest BCUT2D eigenvalue weighted by atomic mass is 10.1. The van der Waals surface area contributed by atoms with E-state index in [0.29, 0.717) is 12.2 Å². The predicted octanol–water partition coefficient (Wildman–Crippen LogP) is 1.31. The molecule has 0 radical (unpaired) electrons. The van der Waals surface area contributed by atoms with Gasteiger partial charge in [-0.1, -0.05) is 6.92 Å². The Morgan fingerprint density at radius 3 is 2.67 bits per heavy atom. The van der Waals surface area contributed by atoms with Gasteiger partial charge in [0.2, 0.25) is 0 Å². The van der Waals surface area contributed by atoms with Crippen molar-refractivity contribution < 1.29 is 9.18 Å². The van der Waals surface area contributed by atoms with Gasteiger partial charge in [0, 0.05) is 12.3 Å². The van der Waals surface area contributed by atoms with Gasteiger partial charge >= 0.3 is 0 Å². The van der Waals surface area contributed by atoms with Crippen LogP contribution in [0.2, 0.25) is 0 Å². The molecule has 0 saturated carbocycles. The first-order chi connectivity index (χ1) is 5.74. The zero-order chi connectivity index (χ0) is 8.97. The molecule has 3 nitrogen and oxygen atoms in total. The van der Waals surface area contributed by atoms with E-state index in [1.165, 1.54) is 0 Å². The lowest BCUT2D eigenvalue weighted by Crippen LogP contribution is -2.01. The highest BCUT2D eigenvalue weighted by molar-refractivity contribution is 5.50. The number of aromatic nitrogens is 2. The topological polar surface area (TPSA) is 42.9 Å². The minimum Gasteiger partial charge on any atom is -0.303 e. The second-order valence-corrected chi connectivity index (χ2v) is 2.56. The number of carbonyl (C=O) groups excluding carboxylic acids is 1. The molecule has 1 atom stereocenters. The van der Waals surface area contributed by atoms with Crippen LogP contribution >= 0.6 is 0 Å². The summed E-state index contributed by atoms with van der Waals surface area (Å²) in [5.74, 6) is 0.00338. The van der Waals surface area contributed by atoms with Crippen molar-refractivity contribution in [3.63, 3.8) is 0 Å². The van der Waals surface area contributed by atoms with Crippen molar-refractivity contribution in [1.82, 2.24) is 9.97 Å². The zero-order valence-corrected chi connectivity index (χ0v) is 6.70. The molecule has 1 aromatic rings. The third kappa shape index (κ3) is 2.08. The number of nitrogens with zero attached hydrogens (tertiary/aromatic N) is 2. The summed E-state index contributed by atoms with van der Waals surface area (Å²) in [6.45, 7) is 1.82. The highest BCUT2D eigenvalue weighted by Crippen LogP contribution is 2.11. The smallest absolute Gasteiger partial charge is 0.159 e. The normalized spacial score (nSPS) is 12.5. The predicted molar refractivity (Wildman–Crippen MR) is 41.1 cm³/mol. The molecule has 0 aliphatic carbocycles. The fourth-order valence-electron chi connectivity index (χ4n) is 0.826. The van der Waals surface area contributed by atoms with Gasteiger partial charge in [0.05, 0.1) is 12.4 Å². The van der Waals surface area contributed by atoms with E-state index in [4.69, 9.17) is 0 Å². The van der Waals surface area contributed by atoms with Crippen LogP contribution in [-0.4, -0.2) is 16.3 Å². The zero-order valence-electron chi connectivity index (χ0n) is 6.70. The molecular formula is C8H9FN2O. The van der Waals surface area contributed by atoms with Crippen LogP contribution in [0.25, 0.3) is 0 Å². The third-order valence-electron chi connectivity index (χ3n) is 1.53. The van der Waals surface area contributed by atoms with Gasteiger partial charge in [0.25, 0.3) is 0 Å². The summed E-state index contributed by atoms with van der Waals surface area (Å²) in [5.41, 5.74) is 0. The average Bonchev–Trinajstić information content (AvgIpc) is 2.06. The molecule has 1 aromatic heterocycles. The van der Waals surface area contributed by atoms with E-state index in [9.17, 15) is 9.18 Å². The van der Waals surface area contributed by atoms with E-state index in [1.54, 1.807) is 0 Å². The molecule has 0 aromatic carbocycles. The van der Waals surface area contributed by atoms with Crippen LogP contribution in [0, 0.1) is 5.82 Å². The van der Waals surface area contributed by atoms with E-state index >= 15 is 0 Å². The Morgan fingerprint density at radius 1 is 1.58 bits per heavy atom. The molecule has 0 amide bonds. The maximum absolute atomic E-state index is 12.3. The Morgan fingerprint density at radius 2 is 2.17 bits per heavy atom. The lowest BCUT2D eigenvalue weighted by Gasteiger charge is -2.03. The SMILES string of the molecule is CC(CC=O)c1ncc(F)cn1. The second-order valence-electron chi connectivity index (χ2n) is 2.56. The van der Waals surface area contributed by atoms with E-state index in [0.717, 1.165) is 18.7 Å². The monoisotopic (exact) mass is 168 g/mol. The molecule has 64 valence electrons. The highest BCUT2D eigenvalue weighted by Gasteiger charge is 2.07. The second kappa shape index (κ2) is 3.90. The third-order valence-corrected chi connectivity index (χ3v) is 1.53. The van der Waals surface area contributed by atoms with Gasteiger partial charge in [-0.05, 0) is 0 Å². The minimum absolute atomic E-state index is 0.0388. The molecule has 12 heavy (non-hydrogen) atoms. The van der Waals surface area contributed by atoms with Crippen LogP contribution in [0.4, 0.5) is 4.39 Å². The summed E-state index contributed by atoms with van der Waals surface area (Å²) in [5, 5.41) is 0. The molecule has 0 bridgehead atoms. The summed E-state index contributed by atoms with van der Waals surface area (Å²) in [7, 11) is 0. The quantitative estimate of drug-likeness (QED) is 0.639. The molecule has 1 unspecified atom stereocenters. The number of rotatable bonds is 3. The number of halogens is 1. The Hall–Kier alpha value is -1.32. The maximum Gasteiger partial charge on any atom is 0.159 e.